The van der Waals surface area contributed by atoms with Gasteiger partial charge in [-0.25, -0.2) is 0 Å². The normalized spacial score (nSPS) is 11.4. The molecule has 0 saturated carbocycles. The first-order valence-corrected chi connectivity index (χ1v) is 24.5. The van der Waals surface area contributed by atoms with Crippen molar-refractivity contribution in [3.8, 4) is 66.8 Å². The van der Waals surface area contributed by atoms with Gasteiger partial charge in [0.05, 0.1) is 0 Å². The van der Waals surface area contributed by atoms with Crippen LogP contribution in [0.5, 0.6) is 0 Å². The van der Waals surface area contributed by atoms with Crippen LogP contribution in [0.3, 0.4) is 0 Å². The molecule has 0 aliphatic rings. The molecule has 13 aromatic rings. The molecule has 0 aliphatic heterocycles. The van der Waals surface area contributed by atoms with Crippen molar-refractivity contribution in [3.63, 3.8) is 0 Å². The van der Waals surface area contributed by atoms with Crippen LogP contribution in [-0.4, -0.2) is 0 Å². The summed E-state index contributed by atoms with van der Waals surface area (Å²) < 4.78 is 0. The van der Waals surface area contributed by atoms with E-state index in [-0.39, 0.29) is 0 Å². The Kier molecular flexibility index (Phi) is 10.6. The summed E-state index contributed by atoms with van der Waals surface area (Å²) in [4.78, 5) is 2.34. The molecule has 0 aliphatic carbocycles. The van der Waals surface area contributed by atoms with Crippen molar-refractivity contribution in [2.75, 3.05) is 4.90 Å². The van der Waals surface area contributed by atoms with Gasteiger partial charge in [-0.1, -0.05) is 243 Å². The van der Waals surface area contributed by atoms with E-state index in [0.717, 1.165) is 17.1 Å². The van der Waals surface area contributed by atoms with Crippen LogP contribution in [0.2, 0.25) is 0 Å². The smallest absolute Gasteiger partial charge is 0.0462 e. The molecule has 0 radical (unpaired) electrons. The van der Waals surface area contributed by atoms with E-state index in [0.29, 0.717) is 0 Å². The lowest BCUT2D eigenvalue weighted by Crippen LogP contribution is -2.09. The van der Waals surface area contributed by atoms with Crippen LogP contribution in [0.15, 0.2) is 285 Å². The van der Waals surface area contributed by atoms with Gasteiger partial charge in [-0.2, -0.15) is 0 Å². The summed E-state index contributed by atoms with van der Waals surface area (Å²) in [6.45, 7) is 0. The monoisotopic (exact) mass is 901 g/mol. The molecule has 13 aromatic carbocycles. The molecule has 0 atom stereocenters. The first kappa shape index (κ1) is 41.9. The SMILES string of the molecule is c1ccc(-c2cc(-c3c4ccccc4c(-c4ccc(N(c5ccccc5)c5ccccc5)cc4)c4c5ccccc5c5ccccc5c34)c(-c3ccccc3)c(-c3ccccc3)c2-c2ccccc2)cc1. The van der Waals surface area contributed by atoms with Crippen molar-refractivity contribution >= 4 is 60.2 Å². The highest BCUT2D eigenvalue weighted by Crippen LogP contribution is 2.56. The molecule has 0 bridgehead atoms. The molecule has 0 fully saturated rings. The van der Waals surface area contributed by atoms with E-state index >= 15 is 0 Å². The number of fused-ring (bicyclic) bond motifs is 7. The van der Waals surface area contributed by atoms with Crippen molar-refractivity contribution in [1.82, 2.24) is 0 Å². The maximum Gasteiger partial charge on any atom is 0.0462 e. The zero-order valence-corrected chi connectivity index (χ0v) is 39.1. The summed E-state index contributed by atoms with van der Waals surface area (Å²) in [6.07, 6.45) is 0. The van der Waals surface area contributed by atoms with Gasteiger partial charge in [0.15, 0.2) is 0 Å². The van der Waals surface area contributed by atoms with E-state index in [9.17, 15) is 0 Å². The molecule has 13 rings (SSSR count). The molecule has 71 heavy (non-hydrogen) atoms. The maximum absolute atomic E-state index is 2.52. The fraction of sp³-hybridized carbons (Fsp3) is 0. The lowest BCUT2D eigenvalue weighted by molar-refractivity contribution is 1.28. The van der Waals surface area contributed by atoms with Gasteiger partial charge in [0.2, 0.25) is 0 Å². The molecule has 1 heteroatoms. The quantitative estimate of drug-likeness (QED) is 0.103. The highest BCUT2D eigenvalue weighted by molar-refractivity contribution is 6.37. The third kappa shape index (κ3) is 7.26. The van der Waals surface area contributed by atoms with Gasteiger partial charge in [0, 0.05) is 17.1 Å². The summed E-state index contributed by atoms with van der Waals surface area (Å²) in [5.74, 6) is 0. The van der Waals surface area contributed by atoms with Gasteiger partial charge in [-0.3, -0.25) is 0 Å². The Hall–Kier alpha value is -9.30. The van der Waals surface area contributed by atoms with E-state index in [1.54, 1.807) is 0 Å². The minimum absolute atomic E-state index is 1.10. The van der Waals surface area contributed by atoms with E-state index < -0.39 is 0 Å². The molecule has 0 amide bonds. The number of rotatable bonds is 9. The summed E-state index contributed by atoms with van der Waals surface area (Å²) in [5, 5.41) is 9.85. The molecule has 0 unspecified atom stereocenters. The summed E-state index contributed by atoms with van der Waals surface area (Å²) >= 11 is 0. The van der Waals surface area contributed by atoms with Crippen molar-refractivity contribution < 1.29 is 0 Å². The van der Waals surface area contributed by atoms with Gasteiger partial charge >= 0.3 is 0 Å². The Bertz CT molecular complexity index is 4000. The molecule has 332 valence electrons. The van der Waals surface area contributed by atoms with E-state index in [1.807, 2.05) is 0 Å². The van der Waals surface area contributed by atoms with Crippen LogP contribution in [0.1, 0.15) is 0 Å². The van der Waals surface area contributed by atoms with Crippen molar-refractivity contribution in [2.45, 2.75) is 0 Å². The number of hydrogen-bond donors (Lipinski definition) is 0. The minimum atomic E-state index is 1.10. The summed E-state index contributed by atoms with van der Waals surface area (Å²) in [6, 6.07) is 104. The average Bonchev–Trinajstić information content (AvgIpc) is 3.46. The Labute approximate surface area is 414 Å². The van der Waals surface area contributed by atoms with Crippen LogP contribution in [0.25, 0.3) is 110 Å². The van der Waals surface area contributed by atoms with E-state index in [1.165, 1.54) is 110 Å². The Balaban J connectivity index is 1.21. The van der Waals surface area contributed by atoms with Crippen LogP contribution >= 0.6 is 0 Å². The number of para-hydroxylation sites is 2. The lowest BCUT2D eigenvalue weighted by atomic mass is 9.75. The van der Waals surface area contributed by atoms with Crippen LogP contribution < -0.4 is 4.90 Å². The predicted molar refractivity (Wildman–Crippen MR) is 304 cm³/mol. The third-order valence-electron chi connectivity index (χ3n) is 14.2. The molecule has 0 spiro atoms. The predicted octanol–water partition coefficient (Wildman–Crippen LogP) is 19.8. The fourth-order valence-electron chi connectivity index (χ4n) is 11.2. The van der Waals surface area contributed by atoms with Gasteiger partial charge in [0.1, 0.15) is 0 Å². The third-order valence-corrected chi connectivity index (χ3v) is 14.2. The number of hydrogen-bond acceptors (Lipinski definition) is 1. The molecular formula is C70H47N. The van der Waals surface area contributed by atoms with Crippen molar-refractivity contribution in [2.24, 2.45) is 0 Å². The van der Waals surface area contributed by atoms with Gasteiger partial charge in [-0.05, 0) is 152 Å². The van der Waals surface area contributed by atoms with Gasteiger partial charge < -0.3 is 4.90 Å². The molecule has 1 nitrogen and oxygen atoms in total. The standard InChI is InChI=1S/C70H47N/c1-7-25-48(26-8-1)62-47-63(66(50-29-11-3-12-30-50)67(51-31-13-4-14-32-51)65(62)49-27-9-2-10-28-49)68-61-42-24-23-41-60(61)64(69-58-39-21-19-37-56(58)57-38-20-22-40-59(57)70(68)69)52-43-45-55(46-44-52)71(53-33-15-5-16-34-53)54-35-17-6-18-36-54/h1-47H. The highest BCUT2D eigenvalue weighted by Gasteiger charge is 2.28. The van der Waals surface area contributed by atoms with Crippen LogP contribution in [-0.2, 0) is 0 Å². The van der Waals surface area contributed by atoms with Crippen LogP contribution in [0, 0.1) is 0 Å². The fourth-order valence-corrected chi connectivity index (χ4v) is 11.2. The van der Waals surface area contributed by atoms with E-state index in [4.69, 9.17) is 0 Å². The Morgan fingerprint density at radius 2 is 0.493 bits per heavy atom. The first-order chi connectivity index (χ1) is 35.3. The minimum Gasteiger partial charge on any atom is -0.311 e. The molecule has 0 saturated heterocycles. The van der Waals surface area contributed by atoms with Crippen molar-refractivity contribution in [3.05, 3.63) is 285 Å². The van der Waals surface area contributed by atoms with Gasteiger partial charge in [0.25, 0.3) is 0 Å². The van der Waals surface area contributed by atoms with Crippen molar-refractivity contribution in [1.29, 1.82) is 0 Å². The second-order valence-corrected chi connectivity index (χ2v) is 18.3. The Morgan fingerprint density at radius 1 is 0.183 bits per heavy atom. The summed E-state index contributed by atoms with van der Waals surface area (Å²) in [5.41, 5.74) is 17.6. The molecule has 0 aromatic heterocycles. The largest absolute Gasteiger partial charge is 0.311 e. The second kappa shape index (κ2) is 18.0. The lowest BCUT2D eigenvalue weighted by Gasteiger charge is -2.27. The maximum atomic E-state index is 2.52. The average molecular weight is 902 g/mol. The zero-order valence-electron chi connectivity index (χ0n) is 39.1. The topological polar surface area (TPSA) is 3.24 Å². The van der Waals surface area contributed by atoms with Crippen LogP contribution in [0.4, 0.5) is 17.1 Å². The number of anilines is 3. The highest BCUT2D eigenvalue weighted by atomic mass is 15.1. The Morgan fingerprint density at radius 3 is 0.958 bits per heavy atom. The molecular weight excluding hydrogens is 855 g/mol. The number of benzene rings is 13. The van der Waals surface area contributed by atoms with Gasteiger partial charge in [-0.15, -0.1) is 0 Å². The molecule has 0 heterocycles. The summed E-state index contributed by atoms with van der Waals surface area (Å²) in [7, 11) is 0. The second-order valence-electron chi connectivity index (χ2n) is 18.3. The van der Waals surface area contributed by atoms with E-state index in [2.05, 4.69) is 290 Å². The zero-order chi connectivity index (χ0) is 47.1. The number of nitrogens with zero attached hydrogens (tertiary/aromatic N) is 1. The molecule has 0 N–H and O–H groups in total. The first-order valence-electron chi connectivity index (χ1n) is 24.5.